The molecule has 2 aromatic heterocycles. The molecule has 0 spiro atoms. The van der Waals surface area contributed by atoms with Crippen molar-refractivity contribution in [2.45, 2.75) is 6.92 Å². The van der Waals surface area contributed by atoms with Gasteiger partial charge in [-0.25, -0.2) is 9.97 Å². The number of hydrogen-bond donors (Lipinski definition) is 1. The third kappa shape index (κ3) is 3.98. The van der Waals surface area contributed by atoms with E-state index in [-0.39, 0.29) is 0 Å². The van der Waals surface area contributed by atoms with Gasteiger partial charge in [0.25, 0.3) is 0 Å². The summed E-state index contributed by atoms with van der Waals surface area (Å²) >= 11 is 7.97. The van der Waals surface area contributed by atoms with Gasteiger partial charge in [0.05, 0.1) is 11.1 Å². The molecule has 31 heavy (non-hydrogen) atoms. The SMILES string of the molecule is Cc1sc2ncnc(Nc3cc(Cl)ccc3Oc3ccccc3)c2c1-c1ccccc1. The Morgan fingerprint density at radius 3 is 2.42 bits per heavy atom. The van der Waals surface area contributed by atoms with Crippen molar-refractivity contribution >= 4 is 44.7 Å². The maximum absolute atomic E-state index is 6.31. The number of rotatable bonds is 5. The predicted octanol–water partition coefficient (Wildman–Crippen LogP) is 7.86. The summed E-state index contributed by atoms with van der Waals surface area (Å²) in [5, 5.41) is 5.04. The Morgan fingerprint density at radius 1 is 0.903 bits per heavy atom. The third-order valence-electron chi connectivity index (χ3n) is 4.89. The quantitative estimate of drug-likeness (QED) is 0.300. The zero-order valence-electron chi connectivity index (χ0n) is 16.7. The van der Waals surface area contributed by atoms with Gasteiger partial charge in [-0.05, 0) is 42.8 Å². The fourth-order valence-electron chi connectivity index (χ4n) is 3.52. The summed E-state index contributed by atoms with van der Waals surface area (Å²) < 4.78 is 6.11. The van der Waals surface area contributed by atoms with Crippen LogP contribution in [0.5, 0.6) is 11.5 Å². The number of nitrogens with zero attached hydrogens (tertiary/aromatic N) is 2. The highest BCUT2D eigenvalue weighted by Gasteiger charge is 2.18. The van der Waals surface area contributed by atoms with E-state index < -0.39 is 0 Å². The van der Waals surface area contributed by atoms with Crippen LogP contribution < -0.4 is 10.1 Å². The molecule has 0 unspecified atom stereocenters. The normalized spacial score (nSPS) is 10.9. The summed E-state index contributed by atoms with van der Waals surface area (Å²) in [7, 11) is 0. The molecule has 152 valence electrons. The number of hydrogen-bond acceptors (Lipinski definition) is 5. The first-order chi connectivity index (χ1) is 15.2. The molecule has 0 fully saturated rings. The molecule has 6 heteroatoms. The summed E-state index contributed by atoms with van der Waals surface area (Å²) in [4.78, 5) is 11.2. The van der Waals surface area contributed by atoms with Gasteiger partial charge < -0.3 is 10.1 Å². The van der Waals surface area contributed by atoms with Crippen LogP contribution in [-0.2, 0) is 0 Å². The van der Waals surface area contributed by atoms with E-state index >= 15 is 0 Å². The number of benzene rings is 3. The molecule has 5 aromatic rings. The minimum absolute atomic E-state index is 0.609. The van der Waals surface area contributed by atoms with E-state index in [1.54, 1.807) is 17.7 Å². The smallest absolute Gasteiger partial charge is 0.151 e. The standard InChI is InChI=1S/C25H18ClN3OS/c1-16-22(17-8-4-2-5-9-17)23-24(27-15-28-25(23)31-16)29-20-14-18(26)12-13-21(20)30-19-10-6-3-7-11-19/h2-15H,1H3,(H,27,28,29). The zero-order valence-corrected chi connectivity index (χ0v) is 18.2. The van der Waals surface area contributed by atoms with Crippen molar-refractivity contribution in [3.63, 3.8) is 0 Å². The van der Waals surface area contributed by atoms with Crippen molar-refractivity contribution in [1.82, 2.24) is 9.97 Å². The minimum Gasteiger partial charge on any atom is -0.455 e. The Hall–Kier alpha value is -3.41. The number of aromatic nitrogens is 2. The Kier molecular flexibility index (Phi) is 5.28. The molecule has 0 radical (unpaired) electrons. The molecule has 0 atom stereocenters. The molecule has 0 bridgehead atoms. The molecule has 0 saturated carbocycles. The predicted molar refractivity (Wildman–Crippen MR) is 129 cm³/mol. The second kappa shape index (κ2) is 8.38. The molecule has 1 N–H and O–H groups in total. The highest BCUT2D eigenvalue weighted by Crippen LogP contribution is 2.42. The van der Waals surface area contributed by atoms with Crippen LogP contribution in [0.25, 0.3) is 21.3 Å². The number of halogens is 1. The molecular formula is C25H18ClN3OS. The maximum atomic E-state index is 6.31. The largest absolute Gasteiger partial charge is 0.455 e. The molecule has 0 saturated heterocycles. The molecule has 2 heterocycles. The van der Waals surface area contributed by atoms with E-state index in [0.29, 0.717) is 16.6 Å². The molecule has 3 aromatic carbocycles. The van der Waals surface area contributed by atoms with Gasteiger partial charge >= 0.3 is 0 Å². The molecule has 0 aliphatic heterocycles. The van der Waals surface area contributed by atoms with Gasteiger partial charge in [-0.2, -0.15) is 0 Å². The summed E-state index contributed by atoms with van der Waals surface area (Å²) in [5.41, 5.74) is 3.01. The van der Waals surface area contributed by atoms with Gasteiger partial charge in [0.15, 0.2) is 5.75 Å². The van der Waals surface area contributed by atoms with Gasteiger partial charge in [0, 0.05) is 15.5 Å². The minimum atomic E-state index is 0.609. The number of nitrogens with one attached hydrogen (secondary N) is 1. The van der Waals surface area contributed by atoms with E-state index in [4.69, 9.17) is 16.3 Å². The second-order valence-electron chi connectivity index (χ2n) is 6.98. The van der Waals surface area contributed by atoms with Crippen LogP contribution >= 0.6 is 22.9 Å². The lowest BCUT2D eigenvalue weighted by atomic mass is 10.0. The zero-order chi connectivity index (χ0) is 21.2. The van der Waals surface area contributed by atoms with Gasteiger partial charge in [0.2, 0.25) is 0 Å². The molecular weight excluding hydrogens is 426 g/mol. The van der Waals surface area contributed by atoms with Crippen LogP contribution in [0.15, 0.2) is 85.2 Å². The van der Waals surface area contributed by atoms with Gasteiger partial charge in [-0.3, -0.25) is 0 Å². The van der Waals surface area contributed by atoms with Crippen LogP contribution in [0.4, 0.5) is 11.5 Å². The Bertz CT molecular complexity index is 1350. The average Bonchev–Trinajstić information content (AvgIpc) is 3.14. The van der Waals surface area contributed by atoms with E-state index in [1.807, 2.05) is 66.7 Å². The summed E-state index contributed by atoms with van der Waals surface area (Å²) in [5.74, 6) is 2.13. The molecule has 0 amide bonds. The first kappa shape index (κ1) is 19.5. The highest BCUT2D eigenvalue weighted by atomic mass is 35.5. The van der Waals surface area contributed by atoms with Crippen molar-refractivity contribution in [2.24, 2.45) is 0 Å². The first-order valence-corrected chi connectivity index (χ1v) is 11.0. The third-order valence-corrected chi connectivity index (χ3v) is 6.14. The number of anilines is 2. The van der Waals surface area contributed by atoms with Crippen molar-refractivity contribution in [3.8, 4) is 22.6 Å². The summed E-state index contributed by atoms with van der Waals surface area (Å²) in [6.45, 7) is 2.11. The first-order valence-electron chi connectivity index (χ1n) is 9.78. The number of aryl methyl sites for hydroxylation is 1. The fourth-order valence-corrected chi connectivity index (χ4v) is 4.71. The van der Waals surface area contributed by atoms with Crippen LogP contribution in [0.2, 0.25) is 5.02 Å². The van der Waals surface area contributed by atoms with E-state index in [0.717, 1.165) is 32.8 Å². The van der Waals surface area contributed by atoms with Crippen molar-refractivity contribution < 1.29 is 4.74 Å². The Labute approximate surface area is 189 Å². The molecule has 5 rings (SSSR count). The van der Waals surface area contributed by atoms with E-state index in [9.17, 15) is 0 Å². The number of thiophene rings is 1. The van der Waals surface area contributed by atoms with Crippen LogP contribution in [-0.4, -0.2) is 9.97 Å². The second-order valence-corrected chi connectivity index (χ2v) is 8.62. The Balaban J connectivity index is 1.61. The van der Waals surface area contributed by atoms with E-state index in [2.05, 4.69) is 34.3 Å². The van der Waals surface area contributed by atoms with Crippen molar-refractivity contribution in [2.75, 3.05) is 5.32 Å². The summed E-state index contributed by atoms with van der Waals surface area (Å²) in [6, 6.07) is 25.5. The topological polar surface area (TPSA) is 47.0 Å². The molecule has 4 nitrogen and oxygen atoms in total. The van der Waals surface area contributed by atoms with Crippen LogP contribution in [0, 0.1) is 6.92 Å². The lowest BCUT2D eigenvalue weighted by Gasteiger charge is -2.14. The lowest BCUT2D eigenvalue weighted by Crippen LogP contribution is -1.98. The average molecular weight is 444 g/mol. The van der Waals surface area contributed by atoms with Crippen molar-refractivity contribution in [1.29, 1.82) is 0 Å². The van der Waals surface area contributed by atoms with E-state index in [1.165, 1.54) is 4.88 Å². The lowest BCUT2D eigenvalue weighted by molar-refractivity contribution is 0.485. The molecule has 0 aliphatic carbocycles. The number of ether oxygens (including phenoxy) is 1. The summed E-state index contributed by atoms with van der Waals surface area (Å²) in [6.07, 6.45) is 1.58. The monoisotopic (exact) mass is 443 g/mol. The number of fused-ring (bicyclic) bond motifs is 1. The van der Waals surface area contributed by atoms with Gasteiger partial charge in [-0.1, -0.05) is 60.1 Å². The molecule has 0 aliphatic rings. The number of para-hydroxylation sites is 1. The maximum Gasteiger partial charge on any atom is 0.151 e. The van der Waals surface area contributed by atoms with Gasteiger partial charge in [0.1, 0.15) is 22.7 Å². The van der Waals surface area contributed by atoms with Crippen LogP contribution in [0.3, 0.4) is 0 Å². The highest BCUT2D eigenvalue weighted by molar-refractivity contribution is 7.19. The van der Waals surface area contributed by atoms with Crippen LogP contribution in [0.1, 0.15) is 4.88 Å². The van der Waals surface area contributed by atoms with Gasteiger partial charge in [-0.15, -0.1) is 11.3 Å². The Morgan fingerprint density at radius 2 is 1.65 bits per heavy atom. The fraction of sp³-hybridized carbons (Fsp3) is 0.0400. The van der Waals surface area contributed by atoms with Crippen molar-refractivity contribution in [3.05, 3.63) is 95.1 Å².